The van der Waals surface area contributed by atoms with Crippen LogP contribution in [0.25, 0.3) is 16.1 Å². The van der Waals surface area contributed by atoms with Gasteiger partial charge in [0, 0.05) is 19.0 Å². The smallest absolute Gasteiger partial charge is 0.415 e. The van der Waals surface area contributed by atoms with Gasteiger partial charge in [-0.05, 0) is 44.9 Å². The minimum atomic E-state index is -0.631. The molecule has 3 aromatic rings. The van der Waals surface area contributed by atoms with Crippen molar-refractivity contribution < 1.29 is 28.5 Å². The van der Waals surface area contributed by atoms with Crippen LogP contribution in [0.2, 0.25) is 0 Å². The van der Waals surface area contributed by atoms with Crippen molar-refractivity contribution in [3.8, 4) is 28.6 Å². The SMILES string of the molecule is CCCN(C(=O)OC(C)(C)C)c1c(OC)nn2c(-c3c(OC)cc(COC)cc3OC)csc12. The number of anilines is 1. The van der Waals surface area contributed by atoms with E-state index in [1.165, 1.54) is 18.4 Å². The van der Waals surface area contributed by atoms with Crippen LogP contribution >= 0.6 is 11.3 Å². The fraction of sp³-hybridized carbons (Fsp3) is 0.500. The Labute approximate surface area is 204 Å². The van der Waals surface area contributed by atoms with E-state index in [9.17, 15) is 4.79 Å². The maximum atomic E-state index is 13.1. The van der Waals surface area contributed by atoms with Gasteiger partial charge in [-0.1, -0.05) is 6.92 Å². The van der Waals surface area contributed by atoms with Crippen molar-refractivity contribution in [1.82, 2.24) is 9.61 Å². The molecule has 0 aliphatic carbocycles. The Hall–Kier alpha value is -2.98. The van der Waals surface area contributed by atoms with Crippen LogP contribution in [0.1, 0.15) is 39.7 Å². The van der Waals surface area contributed by atoms with E-state index in [-0.39, 0.29) is 0 Å². The first-order valence-electron chi connectivity index (χ1n) is 11.0. The van der Waals surface area contributed by atoms with Crippen LogP contribution < -0.4 is 19.1 Å². The van der Waals surface area contributed by atoms with Crippen LogP contribution in [0.5, 0.6) is 17.4 Å². The average Bonchev–Trinajstić information content (AvgIpc) is 3.34. The molecule has 0 spiro atoms. The van der Waals surface area contributed by atoms with E-state index in [4.69, 9.17) is 23.7 Å². The van der Waals surface area contributed by atoms with Crippen molar-refractivity contribution in [2.24, 2.45) is 0 Å². The van der Waals surface area contributed by atoms with Crippen molar-refractivity contribution in [2.75, 3.05) is 39.9 Å². The number of ether oxygens (including phenoxy) is 5. The largest absolute Gasteiger partial charge is 0.496 e. The number of fused-ring (bicyclic) bond motifs is 1. The molecule has 9 nitrogen and oxygen atoms in total. The second kappa shape index (κ2) is 10.5. The van der Waals surface area contributed by atoms with E-state index in [1.807, 2.05) is 45.2 Å². The topological polar surface area (TPSA) is 83.8 Å². The van der Waals surface area contributed by atoms with E-state index in [0.29, 0.717) is 36.2 Å². The lowest BCUT2D eigenvalue weighted by atomic mass is 10.1. The normalized spacial score (nSPS) is 11.5. The summed E-state index contributed by atoms with van der Waals surface area (Å²) in [6.07, 6.45) is 0.289. The Bertz CT molecular complexity index is 1120. The highest BCUT2D eigenvalue weighted by atomic mass is 32.1. The monoisotopic (exact) mass is 491 g/mol. The van der Waals surface area contributed by atoms with Crippen LogP contribution in [-0.2, 0) is 16.1 Å². The van der Waals surface area contributed by atoms with Gasteiger partial charge in [0.25, 0.3) is 5.88 Å². The lowest BCUT2D eigenvalue weighted by molar-refractivity contribution is 0.0580. The first-order valence-corrected chi connectivity index (χ1v) is 11.9. The highest BCUT2D eigenvalue weighted by molar-refractivity contribution is 7.16. The Balaban J connectivity index is 2.21. The molecule has 2 aromatic heterocycles. The summed E-state index contributed by atoms with van der Waals surface area (Å²) >= 11 is 1.45. The van der Waals surface area contributed by atoms with Gasteiger partial charge in [-0.3, -0.25) is 4.90 Å². The second-order valence-corrected chi connectivity index (χ2v) is 9.49. The molecule has 2 heterocycles. The molecule has 0 radical (unpaired) electrons. The molecule has 0 atom stereocenters. The number of nitrogens with zero attached hydrogens (tertiary/aromatic N) is 3. The Kier molecular flexibility index (Phi) is 7.93. The fourth-order valence-electron chi connectivity index (χ4n) is 3.64. The summed E-state index contributed by atoms with van der Waals surface area (Å²) in [7, 11) is 6.40. The third kappa shape index (κ3) is 5.07. The zero-order valence-electron chi connectivity index (χ0n) is 21.1. The molecule has 0 saturated carbocycles. The molecule has 0 N–H and O–H groups in total. The number of hydrogen-bond acceptors (Lipinski definition) is 8. The van der Waals surface area contributed by atoms with Gasteiger partial charge >= 0.3 is 6.09 Å². The number of methoxy groups -OCH3 is 4. The maximum Gasteiger partial charge on any atom is 0.415 e. The third-order valence-corrected chi connectivity index (χ3v) is 5.89. The first-order chi connectivity index (χ1) is 16.2. The van der Waals surface area contributed by atoms with Crippen LogP contribution in [0.15, 0.2) is 17.5 Å². The number of aromatic nitrogens is 2. The molecule has 0 bridgehead atoms. The number of rotatable bonds is 9. The molecule has 0 aliphatic rings. The van der Waals surface area contributed by atoms with Crippen LogP contribution in [0, 0.1) is 0 Å². The van der Waals surface area contributed by atoms with Crippen molar-refractivity contribution in [2.45, 2.75) is 46.3 Å². The van der Waals surface area contributed by atoms with Gasteiger partial charge in [-0.2, -0.15) is 0 Å². The molecule has 1 aromatic carbocycles. The van der Waals surface area contributed by atoms with E-state index in [2.05, 4.69) is 5.10 Å². The van der Waals surface area contributed by atoms with Crippen LogP contribution in [0.3, 0.4) is 0 Å². The van der Waals surface area contributed by atoms with Gasteiger partial charge in [0.2, 0.25) is 0 Å². The lowest BCUT2D eigenvalue weighted by Gasteiger charge is -2.26. The van der Waals surface area contributed by atoms with Crippen molar-refractivity contribution in [3.05, 3.63) is 23.1 Å². The average molecular weight is 492 g/mol. The molecule has 0 aliphatic heterocycles. The molecular formula is C24H33N3O6S. The van der Waals surface area contributed by atoms with Gasteiger partial charge < -0.3 is 23.7 Å². The van der Waals surface area contributed by atoms with Gasteiger partial charge in [0.1, 0.15) is 27.6 Å². The summed E-state index contributed by atoms with van der Waals surface area (Å²) in [6, 6.07) is 3.83. The van der Waals surface area contributed by atoms with Crippen LogP contribution in [0.4, 0.5) is 10.5 Å². The minimum absolute atomic E-state index is 0.335. The molecular weight excluding hydrogens is 458 g/mol. The fourth-order valence-corrected chi connectivity index (χ4v) is 4.63. The number of amides is 1. The zero-order chi connectivity index (χ0) is 25.0. The Morgan fingerprint density at radius 3 is 2.24 bits per heavy atom. The Morgan fingerprint density at radius 2 is 1.74 bits per heavy atom. The summed E-state index contributed by atoms with van der Waals surface area (Å²) in [6.45, 7) is 8.41. The molecule has 0 saturated heterocycles. The Morgan fingerprint density at radius 1 is 1.09 bits per heavy atom. The highest BCUT2D eigenvalue weighted by Gasteiger charge is 2.31. The maximum absolute atomic E-state index is 13.1. The van der Waals surface area contributed by atoms with E-state index in [1.54, 1.807) is 30.7 Å². The van der Waals surface area contributed by atoms with E-state index >= 15 is 0 Å². The molecule has 0 unspecified atom stereocenters. The van der Waals surface area contributed by atoms with Gasteiger partial charge in [0.15, 0.2) is 0 Å². The van der Waals surface area contributed by atoms with Crippen molar-refractivity contribution >= 4 is 27.9 Å². The summed E-state index contributed by atoms with van der Waals surface area (Å²) in [5.41, 5.74) is 2.36. The van der Waals surface area contributed by atoms with Gasteiger partial charge in [0.05, 0.1) is 39.2 Å². The highest BCUT2D eigenvalue weighted by Crippen LogP contribution is 2.45. The van der Waals surface area contributed by atoms with Crippen molar-refractivity contribution in [3.63, 3.8) is 0 Å². The number of carbonyl (C=O) groups is 1. The molecule has 3 rings (SSSR count). The number of carbonyl (C=O) groups excluding carboxylic acids is 1. The lowest BCUT2D eigenvalue weighted by Crippen LogP contribution is -2.37. The van der Waals surface area contributed by atoms with Crippen molar-refractivity contribution in [1.29, 1.82) is 0 Å². The summed E-state index contributed by atoms with van der Waals surface area (Å²) in [5, 5.41) is 6.64. The van der Waals surface area contributed by atoms with Gasteiger partial charge in [-0.25, -0.2) is 9.31 Å². The predicted molar refractivity (Wildman–Crippen MR) is 133 cm³/mol. The molecule has 10 heteroatoms. The standard InChI is InChI=1S/C24H33N3O6S/c1-9-10-26(23(28)33-24(2,3)4)20-21(32-8)25-27-16(14-34-22(20)27)19-17(30-6)11-15(13-29-5)12-18(19)31-7/h11-12,14H,9-10,13H2,1-8H3. The zero-order valence-corrected chi connectivity index (χ0v) is 21.9. The third-order valence-electron chi connectivity index (χ3n) is 4.96. The number of thiazole rings is 1. The minimum Gasteiger partial charge on any atom is -0.496 e. The number of hydrogen-bond donors (Lipinski definition) is 0. The van der Waals surface area contributed by atoms with Gasteiger partial charge in [-0.15, -0.1) is 16.4 Å². The molecule has 34 heavy (non-hydrogen) atoms. The molecule has 1 amide bonds. The number of benzene rings is 1. The summed E-state index contributed by atoms with van der Waals surface area (Å²) in [4.78, 5) is 15.4. The summed E-state index contributed by atoms with van der Waals surface area (Å²) in [5.74, 6) is 1.58. The van der Waals surface area contributed by atoms with E-state index in [0.717, 1.165) is 28.1 Å². The summed E-state index contributed by atoms with van der Waals surface area (Å²) < 4.78 is 29.7. The second-order valence-electron chi connectivity index (χ2n) is 8.64. The van der Waals surface area contributed by atoms with Crippen LogP contribution in [-0.4, -0.2) is 56.3 Å². The predicted octanol–water partition coefficient (Wildman–Crippen LogP) is 5.39. The molecule has 0 fully saturated rings. The quantitative estimate of drug-likeness (QED) is 0.397. The molecule has 186 valence electrons. The van der Waals surface area contributed by atoms with E-state index < -0.39 is 11.7 Å². The first kappa shape index (κ1) is 25.6.